The summed E-state index contributed by atoms with van der Waals surface area (Å²) in [6.45, 7) is 0.700. The van der Waals surface area contributed by atoms with Crippen molar-refractivity contribution in [3.05, 3.63) is 0 Å². The summed E-state index contributed by atoms with van der Waals surface area (Å²) in [6, 6.07) is 0. The van der Waals surface area contributed by atoms with Crippen LogP contribution in [0.2, 0.25) is 0 Å². The molecule has 0 aromatic carbocycles. The molecule has 1 atom stereocenters. The highest BCUT2D eigenvalue weighted by Crippen LogP contribution is 2.30. The first-order chi connectivity index (χ1) is 8.18. The zero-order valence-corrected chi connectivity index (χ0v) is 11.6. The van der Waals surface area contributed by atoms with Crippen molar-refractivity contribution in [1.82, 2.24) is 5.06 Å². The summed E-state index contributed by atoms with van der Waals surface area (Å²) in [5, 5.41) is 1.08. The van der Waals surface area contributed by atoms with Crippen LogP contribution in [0.5, 0.6) is 0 Å². The van der Waals surface area contributed by atoms with Crippen molar-refractivity contribution in [3.63, 3.8) is 0 Å². The molecular weight excluding hydrogens is 313 g/mol. The van der Waals surface area contributed by atoms with Crippen LogP contribution in [-0.2, 0) is 37.6 Å². The largest absolute Gasteiger partial charge is 0.423 e. The number of hydrogen-bond donors (Lipinski definition) is 1. The van der Waals surface area contributed by atoms with E-state index in [0.717, 1.165) is 24.3 Å². The van der Waals surface area contributed by atoms with Gasteiger partial charge in [0.1, 0.15) is 0 Å². The molecule has 1 aliphatic heterocycles. The van der Waals surface area contributed by atoms with Gasteiger partial charge < -0.3 is 0 Å². The second-order valence-corrected chi connectivity index (χ2v) is 6.97. The van der Waals surface area contributed by atoms with E-state index in [0.29, 0.717) is 13.1 Å². The van der Waals surface area contributed by atoms with Crippen LogP contribution in [-0.4, -0.2) is 39.5 Å². The second-order valence-electron chi connectivity index (χ2n) is 3.32. The first kappa shape index (κ1) is 16.0. The van der Waals surface area contributed by atoms with Gasteiger partial charge in [0.25, 0.3) is 0 Å². The first-order valence-electron chi connectivity index (χ1n) is 4.78. The Morgan fingerprint density at radius 2 is 1.56 bits per heavy atom. The molecule has 108 valence electrons. The maximum Gasteiger partial charge on any atom is 0.423 e. The number of hydroxylamine groups is 2. The van der Waals surface area contributed by atoms with Crippen molar-refractivity contribution in [2.24, 2.45) is 0 Å². The van der Waals surface area contributed by atoms with Crippen LogP contribution < -0.4 is 0 Å². The van der Waals surface area contributed by atoms with Crippen molar-refractivity contribution >= 4 is 29.1 Å². The smallest absolute Gasteiger partial charge is 0.263 e. The predicted octanol–water partition coefficient (Wildman–Crippen LogP) is -0.126. The molecule has 0 amide bonds. The lowest BCUT2D eigenvalue weighted by atomic mass is 10.2. The van der Waals surface area contributed by atoms with Crippen LogP contribution >= 0.6 is 8.25 Å². The average Bonchev–Trinajstić information content (AvgIpc) is 2.13. The second kappa shape index (κ2) is 6.39. The van der Waals surface area contributed by atoms with Crippen LogP contribution in [0.4, 0.5) is 0 Å². The van der Waals surface area contributed by atoms with E-state index >= 15 is 0 Å². The van der Waals surface area contributed by atoms with Gasteiger partial charge in [-0.05, 0) is 12.8 Å². The Labute approximate surface area is 105 Å². The molecule has 1 unspecified atom stereocenters. The molecule has 10 nitrogen and oxygen atoms in total. The van der Waals surface area contributed by atoms with E-state index < -0.39 is 29.1 Å². The Hall–Kier alpha value is -0.0700. The lowest BCUT2D eigenvalue weighted by Gasteiger charge is -2.23. The fraction of sp³-hybridized carbons (Fsp3) is 1.00. The minimum atomic E-state index is -5.05. The Balaban J connectivity index is 2.51. The van der Waals surface area contributed by atoms with Crippen LogP contribution in [0.15, 0.2) is 0 Å². The fourth-order valence-electron chi connectivity index (χ4n) is 1.27. The molecular formula is C5H12NO9PS2. The van der Waals surface area contributed by atoms with Crippen molar-refractivity contribution < 1.29 is 38.2 Å². The van der Waals surface area contributed by atoms with Gasteiger partial charge in [-0.3, -0.25) is 9.12 Å². The van der Waals surface area contributed by atoms with Gasteiger partial charge in [0, 0.05) is 13.1 Å². The highest BCUT2D eigenvalue weighted by atomic mass is 32.3. The molecule has 1 heterocycles. The Morgan fingerprint density at radius 3 is 2.06 bits per heavy atom. The lowest BCUT2D eigenvalue weighted by Crippen LogP contribution is -2.32. The maximum atomic E-state index is 11.2. The Bertz CT molecular complexity index is 493. The van der Waals surface area contributed by atoms with Gasteiger partial charge in [-0.15, -0.1) is 0 Å². The summed E-state index contributed by atoms with van der Waals surface area (Å²) in [5.74, 6) is 0. The van der Waals surface area contributed by atoms with Gasteiger partial charge in [0.05, 0.1) is 0 Å². The third-order valence-electron chi connectivity index (χ3n) is 1.86. The number of hydrogen-bond acceptors (Lipinski definition) is 9. The Morgan fingerprint density at radius 1 is 1.00 bits per heavy atom. The summed E-state index contributed by atoms with van der Waals surface area (Å²) in [5.41, 5.74) is 0. The summed E-state index contributed by atoms with van der Waals surface area (Å²) in [7, 11) is -13.7. The monoisotopic (exact) mass is 325 g/mol. The SMILES string of the molecule is O=[PH](OS(=O)(=O)O)OS(=O)(=O)ON1CCCCC1. The highest BCUT2D eigenvalue weighted by molar-refractivity contribution is 7.88. The van der Waals surface area contributed by atoms with E-state index in [2.05, 4.69) is 12.2 Å². The minimum absolute atomic E-state index is 0.350. The van der Waals surface area contributed by atoms with Crippen molar-refractivity contribution in [2.75, 3.05) is 13.1 Å². The molecule has 0 bridgehead atoms. The summed E-state index contributed by atoms with van der Waals surface area (Å²) in [4.78, 5) is 0. The molecule has 0 spiro atoms. The highest BCUT2D eigenvalue weighted by Gasteiger charge is 2.25. The van der Waals surface area contributed by atoms with Gasteiger partial charge in [-0.2, -0.15) is 34.1 Å². The van der Waals surface area contributed by atoms with E-state index in [9.17, 15) is 21.4 Å². The molecule has 0 aromatic heterocycles. The quantitative estimate of drug-likeness (QED) is 0.519. The maximum absolute atomic E-state index is 11.2. The van der Waals surface area contributed by atoms with Crippen LogP contribution in [0, 0.1) is 0 Å². The van der Waals surface area contributed by atoms with Crippen LogP contribution in [0.3, 0.4) is 0 Å². The first-order valence-corrected chi connectivity index (χ1v) is 8.70. The van der Waals surface area contributed by atoms with E-state index in [1.807, 2.05) is 0 Å². The zero-order chi connectivity index (χ0) is 13.8. The van der Waals surface area contributed by atoms with E-state index in [1.54, 1.807) is 0 Å². The number of piperidine rings is 1. The van der Waals surface area contributed by atoms with Crippen molar-refractivity contribution in [3.8, 4) is 0 Å². The molecule has 1 saturated heterocycles. The molecule has 1 aliphatic rings. The molecule has 1 fully saturated rings. The van der Waals surface area contributed by atoms with Gasteiger partial charge in [0.15, 0.2) is 0 Å². The van der Waals surface area contributed by atoms with Crippen LogP contribution in [0.25, 0.3) is 0 Å². The molecule has 13 heteroatoms. The minimum Gasteiger partial charge on any atom is -0.263 e. The standard InChI is InChI=1S/C5H12NO9PS2/c7-16(14-17(8,9)10)15-18(11,12)13-6-4-2-1-3-5-6/h16H,1-5H2,(H,8,9,10). The lowest BCUT2D eigenvalue weighted by molar-refractivity contribution is -0.0730. The molecule has 0 aliphatic carbocycles. The summed E-state index contributed by atoms with van der Waals surface area (Å²) < 4.78 is 73.3. The third-order valence-corrected chi connectivity index (χ3v) is 5.00. The third kappa shape index (κ3) is 6.75. The van der Waals surface area contributed by atoms with E-state index in [1.165, 1.54) is 0 Å². The average molecular weight is 325 g/mol. The number of nitrogens with zero attached hydrogens (tertiary/aromatic N) is 1. The van der Waals surface area contributed by atoms with Gasteiger partial charge in [-0.1, -0.05) is 6.42 Å². The topological polar surface area (TPSA) is 137 Å². The summed E-state index contributed by atoms with van der Waals surface area (Å²) >= 11 is 0. The molecule has 1 N–H and O–H groups in total. The van der Waals surface area contributed by atoms with Crippen molar-refractivity contribution in [2.45, 2.75) is 19.3 Å². The predicted molar refractivity (Wildman–Crippen MR) is 58.1 cm³/mol. The van der Waals surface area contributed by atoms with Crippen molar-refractivity contribution in [1.29, 1.82) is 0 Å². The molecule has 0 radical (unpaired) electrons. The normalized spacial score (nSPS) is 20.7. The molecule has 0 aromatic rings. The zero-order valence-electron chi connectivity index (χ0n) is 9.01. The van der Waals surface area contributed by atoms with Gasteiger partial charge >= 0.3 is 29.1 Å². The van der Waals surface area contributed by atoms with Gasteiger partial charge in [-0.25, -0.2) is 0 Å². The molecule has 0 saturated carbocycles. The number of rotatable bonds is 6. The van der Waals surface area contributed by atoms with E-state index in [-0.39, 0.29) is 0 Å². The Kier molecular flexibility index (Phi) is 5.67. The van der Waals surface area contributed by atoms with Gasteiger partial charge in [0.2, 0.25) is 0 Å². The summed E-state index contributed by atoms with van der Waals surface area (Å²) in [6.07, 6.45) is 2.39. The van der Waals surface area contributed by atoms with E-state index in [4.69, 9.17) is 4.55 Å². The molecule has 18 heavy (non-hydrogen) atoms. The molecule has 1 rings (SSSR count). The fourth-order valence-corrected chi connectivity index (χ4v) is 3.51. The van der Waals surface area contributed by atoms with Crippen LogP contribution in [0.1, 0.15) is 19.3 Å².